The highest BCUT2D eigenvalue weighted by atomic mass is 16.5. The first-order valence-corrected chi connectivity index (χ1v) is 10.2. The third kappa shape index (κ3) is 6.15. The molecule has 2 aromatic rings. The quantitative estimate of drug-likeness (QED) is 0.503. The van der Waals surface area contributed by atoms with Crippen LogP contribution in [-0.2, 0) is 16.0 Å². The van der Waals surface area contributed by atoms with Crippen LogP contribution in [0.15, 0.2) is 53.5 Å². The van der Waals surface area contributed by atoms with Crippen LogP contribution in [0.4, 0.5) is 11.4 Å². The topological polar surface area (TPSA) is 91.8 Å². The molecule has 158 valence electrons. The number of benzene rings is 2. The van der Waals surface area contributed by atoms with E-state index in [1.807, 2.05) is 24.3 Å². The Balaban J connectivity index is 1.78. The van der Waals surface area contributed by atoms with Crippen molar-refractivity contribution in [2.45, 2.75) is 39.2 Å². The molecule has 0 aliphatic carbocycles. The summed E-state index contributed by atoms with van der Waals surface area (Å²) in [6.45, 7) is 4.74. The molecule has 3 N–H and O–H groups in total. The Morgan fingerprint density at radius 2 is 1.97 bits per heavy atom. The van der Waals surface area contributed by atoms with Gasteiger partial charge in [0, 0.05) is 30.5 Å². The highest BCUT2D eigenvalue weighted by molar-refractivity contribution is 6.10. The number of nitrogens with zero attached hydrogens (tertiary/aromatic N) is 1. The van der Waals surface area contributed by atoms with Gasteiger partial charge in [0.05, 0.1) is 12.6 Å². The SMILES string of the molecule is CCc1ccccc1NC(=NC[C@H]1CCCO1)NC(=O)c1cccc(NC(C)=O)c1. The second kappa shape index (κ2) is 10.5. The molecule has 1 fully saturated rings. The number of carbonyl (C=O) groups is 2. The second-order valence-electron chi connectivity index (χ2n) is 7.18. The largest absolute Gasteiger partial charge is 0.376 e. The lowest BCUT2D eigenvalue weighted by atomic mass is 10.1. The van der Waals surface area contributed by atoms with Crippen LogP contribution in [0.5, 0.6) is 0 Å². The van der Waals surface area contributed by atoms with Crippen molar-refractivity contribution in [3.63, 3.8) is 0 Å². The van der Waals surface area contributed by atoms with Gasteiger partial charge in [-0.25, -0.2) is 4.99 Å². The average molecular weight is 409 g/mol. The molecule has 30 heavy (non-hydrogen) atoms. The summed E-state index contributed by atoms with van der Waals surface area (Å²) in [7, 11) is 0. The molecule has 2 aromatic carbocycles. The van der Waals surface area contributed by atoms with Crippen molar-refractivity contribution in [2.24, 2.45) is 4.99 Å². The minimum atomic E-state index is -0.310. The van der Waals surface area contributed by atoms with E-state index in [4.69, 9.17) is 4.74 Å². The van der Waals surface area contributed by atoms with E-state index in [1.54, 1.807) is 24.3 Å². The van der Waals surface area contributed by atoms with E-state index >= 15 is 0 Å². The van der Waals surface area contributed by atoms with Crippen LogP contribution < -0.4 is 16.0 Å². The van der Waals surface area contributed by atoms with Gasteiger partial charge in [-0.05, 0) is 49.1 Å². The number of para-hydroxylation sites is 1. The molecule has 0 unspecified atom stereocenters. The third-order valence-corrected chi connectivity index (χ3v) is 4.81. The monoisotopic (exact) mass is 408 g/mol. The summed E-state index contributed by atoms with van der Waals surface area (Å²) in [6, 6.07) is 14.7. The standard InChI is InChI=1S/C23H28N4O3/c1-3-17-8-4-5-12-21(17)26-23(24-15-20-11-7-13-30-20)27-22(29)18-9-6-10-19(14-18)25-16(2)28/h4-6,8-10,12,14,20H,3,7,11,13,15H2,1-2H3,(H,25,28)(H2,24,26,27,29)/t20-/m1/s1. The van der Waals surface area contributed by atoms with Crippen molar-refractivity contribution in [2.75, 3.05) is 23.8 Å². The number of guanidine groups is 1. The summed E-state index contributed by atoms with van der Waals surface area (Å²) >= 11 is 0. The first-order chi connectivity index (χ1) is 14.5. The van der Waals surface area contributed by atoms with Crippen LogP contribution in [0.1, 0.15) is 42.6 Å². The zero-order chi connectivity index (χ0) is 21.3. The fourth-order valence-electron chi connectivity index (χ4n) is 3.29. The van der Waals surface area contributed by atoms with Crippen LogP contribution in [-0.4, -0.2) is 37.0 Å². The number of rotatable bonds is 6. The van der Waals surface area contributed by atoms with E-state index in [2.05, 4.69) is 27.9 Å². The molecule has 0 aromatic heterocycles. The van der Waals surface area contributed by atoms with Gasteiger partial charge in [0.2, 0.25) is 11.9 Å². The lowest BCUT2D eigenvalue weighted by Gasteiger charge is -2.15. The average Bonchev–Trinajstić information content (AvgIpc) is 3.26. The minimum Gasteiger partial charge on any atom is -0.376 e. The van der Waals surface area contributed by atoms with Gasteiger partial charge < -0.3 is 15.4 Å². The predicted octanol–water partition coefficient (Wildman–Crippen LogP) is 3.58. The second-order valence-corrected chi connectivity index (χ2v) is 7.18. The van der Waals surface area contributed by atoms with Gasteiger partial charge in [0.1, 0.15) is 0 Å². The summed E-state index contributed by atoms with van der Waals surface area (Å²) < 4.78 is 5.65. The van der Waals surface area contributed by atoms with E-state index in [0.717, 1.165) is 37.1 Å². The minimum absolute atomic E-state index is 0.0724. The molecule has 1 heterocycles. The summed E-state index contributed by atoms with van der Waals surface area (Å²) in [5.74, 6) is -0.125. The zero-order valence-electron chi connectivity index (χ0n) is 17.4. The Bertz CT molecular complexity index is 920. The van der Waals surface area contributed by atoms with Crippen molar-refractivity contribution in [1.29, 1.82) is 0 Å². The van der Waals surface area contributed by atoms with E-state index < -0.39 is 0 Å². The summed E-state index contributed by atoms with van der Waals surface area (Å²) in [5.41, 5.74) is 3.02. The molecule has 0 radical (unpaired) electrons. The number of carbonyl (C=O) groups excluding carboxylic acids is 2. The molecule has 0 spiro atoms. The highest BCUT2D eigenvalue weighted by Gasteiger charge is 2.16. The number of hydrogen-bond acceptors (Lipinski definition) is 4. The van der Waals surface area contributed by atoms with Crippen LogP contribution in [0.2, 0.25) is 0 Å². The Kier molecular flexibility index (Phi) is 7.57. The molecule has 7 heteroatoms. The summed E-state index contributed by atoms with van der Waals surface area (Å²) in [5, 5.41) is 8.82. The van der Waals surface area contributed by atoms with Crippen molar-refractivity contribution in [3.05, 3.63) is 59.7 Å². The molecule has 1 atom stereocenters. The molecule has 7 nitrogen and oxygen atoms in total. The first-order valence-electron chi connectivity index (χ1n) is 10.2. The van der Waals surface area contributed by atoms with E-state index in [0.29, 0.717) is 23.8 Å². The molecule has 0 bridgehead atoms. The first kappa shape index (κ1) is 21.5. The summed E-state index contributed by atoms with van der Waals surface area (Å²) in [6.07, 6.45) is 2.93. The van der Waals surface area contributed by atoms with Gasteiger partial charge in [-0.1, -0.05) is 31.2 Å². The molecular formula is C23H28N4O3. The Morgan fingerprint density at radius 3 is 2.70 bits per heavy atom. The molecule has 1 aliphatic heterocycles. The number of nitrogens with one attached hydrogen (secondary N) is 3. The zero-order valence-corrected chi connectivity index (χ0v) is 17.4. The number of aliphatic imine (C=N–C) groups is 1. The molecule has 0 saturated carbocycles. The van der Waals surface area contributed by atoms with Gasteiger partial charge >= 0.3 is 0 Å². The van der Waals surface area contributed by atoms with E-state index in [9.17, 15) is 9.59 Å². The molecule has 2 amide bonds. The number of hydrogen-bond donors (Lipinski definition) is 3. The van der Waals surface area contributed by atoms with Crippen LogP contribution >= 0.6 is 0 Å². The predicted molar refractivity (Wildman–Crippen MR) is 119 cm³/mol. The normalized spacial score (nSPS) is 16.2. The maximum atomic E-state index is 12.9. The maximum Gasteiger partial charge on any atom is 0.258 e. The van der Waals surface area contributed by atoms with Crippen LogP contribution in [0.25, 0.3) is 0 Å². The lowest BCUT2D eigenvalue weighted by Crippen LogP contribution is -2.37. The van der Waals surface area contributed by atoms with Gasteiger partial charge in [-0.3, -0.25) is 14.9 Å². The summed E-state index contributed by atoms with van der Waals surface area (Å²) in [4.78, 5) is 28.7. The fraction of sp³-hybridized carbons (Fsp3) is 0.348. The van der Waals surface area contributed by atoms with Crippen LogP contribution in [0, 0.1) is 0 Å². The van der Waals surface area contributed by atoms with Crippen molar-refractivity contribution >= 4 is 29.1 Å². The number of amides is 2. The Morgan fingerprint density at radius 1 is 1.13 bits per heavy atom. The molecule has 1 saturated heterocycles. The number of anilines is 2. The number of ether oxygens (including phenoxy) is 1. The third-order valence-electron chi connectivity index (χ3n) is 4.81. The highest BCUT2D eigenvalue weighted by Crippen LogP contribution is 2.16. The van der Waals surface area contributed by atoms with Crippen molar-refractivity contribution in [1.82, 2.24) is 5.32 Å². The van der Waals surface area contributed by atoms with Gasteiger partial charge in [0.25, 0.3) is 5.91 Å². The van der Waals surface area contributed by atoms with Gasteiger partial charge in [0.15, 0.2) is 0 Å². The van der Waals surface area contributed by atoms with E-state index in [1.165, 1.54) is 6.92 Å². The lowest BCUT2D eigenvalue weighted by molar-refractivity contribution is -0.114. The maximum absolute atomic E-state index is 12.9. The fourth-order valence-corrected chi connectivity index (χ4v) is 3.29. The van der Waals surface area contributed by atoms with E-state index in [-0.39, 0.29) is 17.9 Å². The van der Waals surface area contributed by atoms with Gasteiger partial charge in [-0.2, -0.15) is 0 Å². The Hall–Kier alpha value is -3.19. The Labute approximate surface area is 176 Å². The van der Waals surface area contributed by atoms with Gasteiger partial charge in [-0.15, -0.1) is 0 Å². The number of aryl methyl sites for hydroxylation is 1. The molecular weight excluding hydrogens is 380 g/mol. The smallest absolute Gasteiger partial charge is 0.258 e. The van der Waals surface area contributed by atoms with Crippen molar-refractivity contribution < 1.29 is 14.3 Å². The van der Waals surface area contributed by atoms with Crippen LogP contribution in [0.3, 0.4) is 0 Å². The molecule has 3 rings (SSSR count). The van der Waals surface area contributed by atoms with Crippen molar-refractivity contribution in [3.8, 4) is 0 Å². The molecule has 1 aliphatic rings.